The van der Waals surface area contributed by atoms with Crippen LogP contribution >= 0.6 is 55.1 Å². The molecule has 131 heavy (non-hydrogen) atoms. The number of halogens is 4. The van der Waals surface area contributed by atoms with E-state index in [1.54, 1.807) is 60.9 Å². The lowest BCUT2D eigenvalue weighted by Crippen LogP contribution is -2.25. The topological polar surface area (TPSA) is 380 Å². The third-order valence-corrected chi connectivity index (χ3v) is 21.1. The second kappa shape index (κ2) is 50.0. The van der Waals surface area contributed by atoms with Crippen LogP contribution in [-0.4, -0.2) is 112 Å². The number of aromatic hydroxyl groups is 1. The third kappa shape index (κ3) is 27.9. The van der Waals surface area contributed by atoms with Crippen LogP contribution < -0.4 is 33.2 Å². The molecule has 0 atom stereocenters. The van der Waals surface area contributed by atoms with Crippen molar-refractivity contribution in [1.29, 1.82) is 0 Å². The predicted molar refractivity (Wildman–Crippen MR) is 499 cm³/mol. The Morgan fingerprint density at radius 3 is 1.13 bits per heavy atom. The molecule has 0 saturated heterocycles. The fourth-order valence-corrected chi connectivity index (χ4v) is 14.3. The molecule has 1 N–H and O–H groups in total. The molecule has 0 bridgehead atoms. The number of nitrogens with zero attached hydrogens (tertiary/aromatic N) is 8. The highest BCUT2D eigenvalue weighted by Gasteiger charge is 2.26. The number of nitro groups is 4. The molecule has 0 radical (unpaired) electrons. The number of aldehydes is 3. The Bertz CT molecular complexity index is 6200. The maximum Gasteiger partial charge on any atom is 0.312 e. The smallest absolute Gasteiger partial charge is 0.312 e. The van der Waals surface area contributed by atoms with Crippen LogP contribution in [0.1, 0.15) is 92.9 Å². The SMILES string of the molecule is CCOC(COc1ccc(Br)cc1[N+](=O)[O-])OCC.O=[N+]([O-])c1cc(Br)ccc1O.[C-]#[N+]c1cncc(COc2cc(OCc3cccc(-c4cccc(-c5ccc(OCC(OCC)OCC)c([N+](=O)[O-])c5)c4C)c3C)c(Cl)cc2C=O)c1.[C-]#[N+]c1cncc(COc2cc(OCc3cccc(-c4cccc(-c5ccc(OCC=O)c([N+](=O)[O-])c5)c4C)c3C)c(Cl)cc2C=O)c1. The van der Waals surface area contributed by atoms with Crippen molar-refractivity contribution < 1.29 is 91.3 Å². The van der Waals surface area contributed by atoms with Crippen molar-refractivity contribution in [2.75, 3.05) is 46.2 Å². The molecule has 0 aliphatic carbocycles. The number of benzene rings is 10. The Kier molecular flexibility index (Phi) is 38.4. The number of rotatable bonds is 39. The number of phenolic OH excluding ortho intramolecular Hbond substituents is 1. The Hall–Kier alpha value is -14.1. The highest BCUT2D eigenvalue weighted by Crippen LogP contribution is 2.43. The minimum atomic E-state index is -0.639. The van der Waals surface area contributed by atoms with Crippen molar-refractivity contribution in [1.82, 2.24) is 9.97 Å². The lowest BCUT2D eigenvalue weighted by molar-refractivity contribution is -0.386. The second-order valence-corrected chi connectivity index (χ2v) is 30.6. The Morgan fingerprint density at radius 2 is 0.756 bits per heavy atom. The van der Waals surface area contributed by atoms with Gasteiger partial charge in [0.1, 0.15) is 69.2 Å². The van der Waals surface area contributed by atoms with E-state index >= 15 is 0 Å². The summed E-state index contributed by atoms with van der Waals surface area (Å²) in [5.41, 5.74) is 14.2. The molecule has 10 aromatic carbocycles. The quantitative estimate of drug-likeness (QED) is 0.0123. The number of hydrogen-bond acceptors (Lipinski definition) is 25. The van der Waals surface area contributed by atoms with Crippen molar-refractivity contribution in [3.8, 4) is 90.5 Å². The number of nitro benzene ring substituents is 4. The molecule has 0 aliphatic rings. The normalized spacial score (nSPS) is 10.6. The van der Waals surface area contributed by atoms with Crippen LogP contribution in [-0.2, 0) is 50.2 Å². The summed E-state index contributed by atoms with van der Waals surface area (Å²) >= 11 is 19.2. The van der Waals surface area contributed by atoms with E-state index in [0.717, 1.165) is 66.8 Å². The lowest BCUT2D eigenvalue weighted by Gasteiger charge is -2.18. The molecule has 2 heterocycles. The van der Waals surface area contributed by atoms with Crippen molar-refractivity contribution in [2.24, 2.45) is 0 Å². The van der Waals surface area contributed by atoms with Crippen LogP contribution in [0.4, 0.5) is 34.1 Å². The van der Waals surface area contributed by atoms with E-state index in [-0.39, 0.29) is 125 Å². The van der Waals surface area contributed by atoms with E-state index in [9.17, 15) is 54.8 Å². The molecule has 0 unspecified atom stereocenters. The van der Waals surface area contributed by atoms with Crippen molar-refractivity contribution in [3.63, 3.8) is 0 Å². The average molecular weight is 1950 g/mol. The van der Waals surface area contributed by atoms with E-state index in [1.807, 2.05) is 128 Å². The zero-order valence-electron chi connectivity index (χ0n) is 71.8. The fraction of sp³-hybridized carbons (Fsp3) is 0.219. The number of carbonyl (C=O) groups excluding carboxylic acids is 3. The first-order valence-corrected chi connectivity index (χ1v) is 42.4. The third-order valence-electron chi connectivity index (χ3n) is 19.5. The van der Waals surface area contributed by atoms with Gasteiger partial charge in [-0.25, -0.2) is 9.69 Å². The van der Waals surface area contributed by atoms with E-state index in [4.69, 9.17) is 93.6 Å². The van der Waals surface area contributed by atoms with E-state index in [1.165, 1.54) is 73.1 Å². The minimum absolute atomic E-state index is 0.0127. The van der Waals surface area contributed by atoms with Gasteiger partial charge in [0, 0.05) is 96.6 Å². The molecule has 0 fully saturated rings. The Morgan fingerprint density at radius 1 is 0.405 bits per heavy atom. The summed E-state index contributed by atoms with van der Waals surface area (Å²) in [7, 11) is 0. The largest absolute Gasteiger partial charge is 0.502 e. The average Bonchev–Trinajstić information content (AvgIpc) is 0.785. The summed E-state index contributed by atoms with van der Waals surface area (Å²) in [6.07, 6.45) is 6.78. The van der Waals surface area contributed by atoms with Gasteiger partial charge < -0.3 is 57.2 Å². The van der Waals surface area contributed by atoms with Crippen molar-refractivity contribution >= 4 is 108 Å². The molecule has 0 saturated carbocycles. The van der Waals surface area contributed by atoms with Crippen LogP contribution in [0, 0.1) is 81.3 Å². The number of ether oxygens (including phenoxy) is 11. The van der Waals surface area contributed by atoms with E-state index in [2.05, 4.69) is 51.5 Å². The second-order valence-electron chi connectivity index (χ2n) is 27.9. The van der Waals surface area contributed by atoms with Crippen LogP contribution in [0.5, 0.6) is 46.0 Å². The number of pyridine rings is 2. The number of aromatic nitrogens is 2. The zero-order valence-corrected chi connectivity index (χ0v) is 76.5. The first-order valence-electron chi connectivity index (χ1n) is 40.1. The van der Waals surface area contributed by atoms with Crippen LogP contribution in [0.15, 0.2) is 216 Å². The van der Waals surface area contributed by atoms with E-state index in [0.29, 0.717) is 99.4 Å². The van der Waals surface area contributed by atoms with Gasteiger partial charge in [-0.3, -0.25) is 64.8 Å². The minimum Gasteiger partial charge on any atom is -0.502 e. The molecule has 676 valence electrons. The summed E-state index contributed by atoms with van der Waals surface area (Å²) in [6.45, 7) is 31.8. The monoisotopic (exact) mass is 1950 g/mol. The lowest BCUT2D eigenvalue weighted by atomic mass is 9.89. The first-order chi connectivity index (χ1) is 63.1. The van der Waals surface area contributed by atoms with Crippen LogP contribution in [0.2, 0.25) is 10.0 Å². The van der Waals surface area contributed by atoms with Crippen molar-refractivity contribution in [2.45, 2.75) is 94.4 Å². The molecule has 12 rings (SSSR count). The van der Waals surface area contributed by atoms with Gasteiger partial charge in [-0.05, 0) is 205 Å². The highest BCUT2D eigenvalue weighted by molar-refractivity contribution is 9.10. The number of carbonyl (C=O) groups is 3. The molecule has 35 heteroatoms. The predicted octanol–water partition coefficient (Wildman–Crippen LogP) is 23.8. The standard InChI is InChI=1S/C41H38ClN3O8.C37H28ClN3O7.C12H16BrNO5.C6H4BrNO3/c1-6-49-41(50-7-2)25-53-38-15-14-29(18-37(38)45(47)48)33-11-9-13-35(27(33)4)34-12-8-10-30(26(34)3)24-52-40-19-39(31(22-46)17-36(40)42)51-23-28-16-32(43-5)21-44-20-28;1-23-27(22-48-37-17-36(28(20-43)15-33(37)38)47-21-25-14-29(39-3)19-40-18-25)6-4-8-31(23)32-9-5-7-30(24(32)2)26-10-11-35(46-13-12-42)34(16-26)41(44)45;1-3-17-12(18-4-2)8-19-11-6-5-9(13)7-10(11)14(15)16;7-4-1-2-6(9)5(3-4)8(10)11/h8-22,41H,6-7,23-25H2,1-4H3;4-12,14-20H,13,21-22H2,1-2H3;5-7,12H,3-4,8H2,1-2H3;1-3,9H. The molecule has 0 amide bonds. The summed E-state index contributed by atoms with van der Waals surface area (Å²) in [5.74, 6) is 1.25. The Labute approximate surface area is 780 Å². The zero-order chi connectivity index (χ0) is 94.8. The van der Waals surface area contributed by atoms with Gasteiger partial charge in [0.05, 0.1) is 54.0 Å². The molecular weight excluding hydrogens is 1860 g/mol. The van der Waals surface area contributed by atoms with Gasteiger partial charge in [-0.15, -0.1) is 0 Å². The van der Waals surface area contributed by atoms with Crippen molar-refractivity contribution in [3.05, 3.63) is 345 Å². The van der Waals surface area contributed by atoms with Gasteiger partial charge in [-0.2, -0.15) is 0 Å². The first kappa shape index (κ1) is 101. The molecule has 31 nitrogen and oxygen atoms in total. The summed E-state index contributed by atoms with van der Waals surface area (Å²) in [5, 5.41) is 54.4. The van der Waals surface area contributed by atoms with Gasteiger partial charge in [0.15, 0.2) is 54.4 Å². The van der Waals surface area contributed by atoms with Crippen LogP contribution in [0.3, 0.4) is 0 Å². The molecular formula is C96H86Br2Cl2N8O23. The van der Waals surface area contributed by atoms with Gasteiger partial charge in [-0.1, -0.05) is 140 Å². The number of hydrogen-bond donors (Lipinski definition) is 1. The van der Waals surface area contributed by atoms with Gasteiger partial charge in [0.25, 0.3) is 0 Å². The highest BCUT2D eigenvalue weighted by atomic mass is 79.9. The van der Waals surface area contributed by atoms with Crippen LogP contribution in [0.25, 0.3) is 54.2 Å². The number of phenols is 1. The fourth-order valence-electron chi connectivity index (χ4n) is 13.1. The Balaban J connectivity index is 0.000000225. The molecule has 2 aromatic heterocycles. The molecule has 12 aromatic rings. The molecule has 0 spiro atoms. The maximum atomic E-state index is 12.1. The summed E-state index contributed by atoms with van der Waals surface area (Å²) < 4.78 is 63.4. The van der Waals surface area contributed by atoms with Gasteiger partial charge >= 0.3 is 22.7 Å². The molecule has 0 aliphatic heterocycles. The summed E-state index contributed by atoms with van der Waals surface area (Å²) in [6, 6.07) is 51.2. The van der Waals surface area contributed by atoms with Gasteiger partial charge in [0.2, 0.25) is 11.4 Å². The maximum absolute atomic E-state index is 12.1. The van der Waals surface area contributed by atoms with E-state index < -0.39 is 32.3 Å². The summed E-state index contributed by atoms with van der Waals surface area (Å²) in [4.78, 5) is 92.0.